The fourth-order valence-corrected chi connectivity index (χ4v) is 0.764. The molecule has 8 heavy (non-hydrogen) atoms. The van der Waals surface area contributed by atoms with E-state index in [1.807, 2.05) is 12.2 Å². The molecule has 2 atom stereocenters. The molecule has 0 aromatic rings. The largest absolute Gasteiger partial charge is 0.494 e. The van der Waals surface area contributed by atoms with Gasteiger partial charge in [-0.3, -0.25) is 0 Å². The van der Waals surface area contributed by atoms with Crippen LogP contribution in [0.5, 0.6) is 0 Å². The lowest BCUT2D eigenvalue weighted by Gasteiger charge is -2.07. The fraction of sp³-hybridized carbons (Fsp3) is 0.429. The van der Waals surface area contributed by atoms with Gasteiger partial charge in [0.05, 0.1) is 6.26 Å². The van der Waals surface area contributed by atoms with Crippen LogP contribution >= 0.6 is 0 Å². The highest BCUT2D eigenvalue weighted by atomic mass is 16.5. The SMILES string of the molecule is C=CC1OC=CC1C. The van der Waals surface area contributed by atoms with E-state index in [2.05, 4.69) is 13.5 Å². The lowest BCUT2D eigenvalue weighted by Crippen LogP contribution is -2.08. The molecule has 1 heterocycles. The predicted molar refractivity (Wildman–Crippen MR) is 33.4 cm³/mol. The van der Waals surface area contributed by atoms with Gasteiger partial charge < -0.3 is 4.74 Å². The van der Waals surface area contributed by atoms with Crippen LogP contribution in [0.2, 0.25) is 0 Å². The molecule has 1 aliphatic rings. The van der Waals surface area contributed by atoms with E-state index in [0.717, 1.165) is 0 Å². The third-order valence-corrected chi connectivity index (χ3v) is 1.37. The monoisotopic (exact) mass is 110 g/mol. The zero-order chi connectivity index (χ0) is 5.98. The maximum Gasteiger partial charge on any atom is 0.122 e. The van der Waals surface area contributed by atoms with E-state index in [4.69, 9.17) is 4.74 Å². The molecular weight excluding hydrogens is 100 g/mol. The first-order valence-corrected chi connectivity index (χ1v) is 2.79. The Hall–Kier alpha value is -0.720. The van der Waals surface area contributed by atoms with Crippen LogP contribution in [0.25, 0.3) is 0 Å². The molecular formula is C7H10O. The second kappa shape index (κ2) is 2.03. The third kappa shape index (κ3) is 0.760. The highest BCUT2D eigenvalue weighted by Crippen LogP contribution is 2.16. The molecule has 44 valence electrons. The Balaban J connectivity index is 2.50. The Morgan fingerprint density at radius 1 is 1.75 bits per heavy atom. The molecule has 1 rings (SSSR count). The summed E-state index contributed by atoms with van der Waals surface area (Å²) in [5, 5.41) is 0. The van der Waals surface area contributed by atoms with E-state index in [1.165, 1.54) is 0 Å². The Kier molecular flexibility index (Phi) is 1.38. The first kappa shape index (κ1) is 5.42. The van der Waals surface area contributed by atoms with Gasteiger partial charge in [0.25, 0.3) is 0 Å². The maximum absolute atomic E-state index is 5.12. The molecule has 0 radical (unpaired) electrons. The number of hydrogen-bond donors (Lipinski definition) is 0. The Morgan fingerprint density at radius 2 is 2.50 bits per heavy atom. The van der Waals surface area contributed by atoms with E-state index in [0.29, 0.717) is 5.92 Å². The Morgan fingerprint density at radius 3 is 2.75 bits per heavy atom. The molecule has 1 aliphatic heterocycles. The van der Waals surface area contributed by atoms with Gasteiger partial charge in [-0.2, -0.15) is 0 Å². The topological polar surface area (TPSA) is 9.23 Å². The van der Waals surface area contributed by atoms with Crippen molar-refractivity contribution in [3.05, 3.63) is 25.0 Å². The van der Waals surface area contributed by atoms with Gasteiger partial charge in [-0.1, -0.05) is 19.6 Å². The number of rotatable bonds is 1. The number of hydrogen-bond acceptors (Lipinski definition) is 1. The molecule has 0 bridgehead atoms. The summed E-state index contributed by atoms with van der Waals surface area (Å²) >= 11 is 0. The van der Waals surface area contributed by atoms with Crippen LogP contribution < -0.4 is 0 Å². The standard InChI is InChI=1S/C7H10O/c1-3-7-6(2)4-5-8-7/h3-7H,1H2,2H3. The van der Waals surface area contributed by atoms with Crippen molar-refractivity contribution in [1.29, 1.82) is 0 Å². The second-order valence-electron chi connectivity index (χ2n) is 2.02. The molecule has 1 nitrogen and oxygen atoms in total. The molecule has 0 aliphatic carbocycles. The van der Waals surface area contributed by atoms with Gasteiger partial charge in [0.15, 0.2) is 0 Å². The van der Waals surface area contributed by atoms with Gasteiger partial charge in [-0.15, -0.1) is 0 Å². The van der Waals surface area contributed by atoms with Gasteiger partial charge in [0, 0.05) is 5.92 Å². The summed E-state index contributed by atoms with van der Waals surface area (Å²) in [6, 6.07) is 0. The average Bonchev–Trinajstić information content (AvgIpc) is 2.14. The van der Waals surface area contributed by atoms with Gasteiger partial charge >= 0.3 is 0 Å². The summed E-state index contributed by atoms with van der Waals surface area (Å²) in [5.41, 5.74) is 0. The molecule has 0 saturated heterocycles. The Bertz CT molecular complexity index is 116. The quantitative estimate of drug-likeness (QED) is 0.467. The molecule has 0 aromatic heterocycles. The minimum Gasteiger partial charge on any atom is -0.494 e. The van der Waals surface area contributed by atoms with E-state index in [9.17, 15) is 0 Å². The summed E-state index contributed by atoms with van der Waals surface area (Å²) in [6.45, 7) is 5.74. The van der Waals surface area contributed by atoms with Crippen LogP contribution in [0.1, 0.15) is 6.92 Å². The zero-order valence-electron chi connectivity index (χ0n) is 5.00. The van der Waals surface area contributed by atoms with Crippen LogP contribution in [0.3, 0.4) is 0 Å². The summed E-state index contributed by atoms with van der Waals surface area (Å²) in [5.74, 6) is 0.507. The minimum absolute atomic E-state index is 0.218. The van der Waals surface area contributed by atoms with Crippen LogP contribution in [0.4, 0.5) is 0 Å². The van der Waals surface area contributed by atoms with Crippen molar-refractivity contribution in [1.82, 2.24) is 0 Å². The van der Waals surface area contributed by atoms with Crippen LogP contribution in [0, 0.1) is 5.92 Å². The van der Waals surface area contributed by atoms with Crippen molar-refractivity contribution in [2.45, 2.75) is 13.0 Å². The van der Waals surface area contributed by atoms with Crippen LogP contribution in [0.15, 0.2) is 25.0 Å². The lowest BCUT2D eigenvalue weighted by molar-refractivity contribution is 0.185. The molecule has 0 aromatic carbocycles. The van der Waals surface area contributed by atoms with E-state index < -0.39 is 0 Å². The van der Waals surface area contributed by atoms with E-state index in [1.54, 1.807) is 6.26 Å². The second-order valence-corrected chi connectivity index (χ2v) is 2.02. The normalized spacial score (nSPS) is 34.6. The van der Waals surface area contributed by atoms with Gasteiger partial charge in [-0.05, 0) is 6.08 Å². The predicted octanol–water partition coefficient (Wildman–Crippen LogP) is 1.72. The molecule has 2 unspecified atom stereocenters. The summed E-state index contributed by atoms with van der Waals surface area (Å²) in [7, 11) is 0. The highest BCUT2D eigenvalue weighted by molar-refractivity contribution is 5.00. The fourth-order valence-electron chi connectivity index (χ4n) is 0.764. The maximum atomic E-state index is 5.12. The van der Waals surface area contributed by atoms with E-state index >= 15 is 0 Å². The third-order valence-electron chi connectivity index (χ3n) is 1.37. The van der Waals surface area contributed by atoms with E-state index in [-0.39, 0.29) is 6.10 Å². The smallest absolute Gasteiger partial charge is 0.122 e. The van der Waals surface area contributed by atoms with Crippen molar-refractivity contribution >= 4 is 0 Å². The number of ether oxygens (including phenoxy) is 1. The Labute approximate surface area is 49.7 Å². The van der Waals surface area contributed by atoms with Crippen molar-refractivity contribution in [2.75, 3.05) is 0 Å². The first-order chi connectivity index (χ1) is 3.84. The first-order valence-electron chi connectivity index (χ1n) is 2.79. The zero-order valence-corrected chi connectivity index (χ0v) is 5.00. The molecule has 0 fully saturated rings. The molecule has 0 saturated carbocycles. The lowest BCUT2D eigenvalue weighted by atomic mass is 10.1. The van der Waals surface area contributed by atoms with Crippen molar-refractivity contribution < 1.29 is 4.74 Å². The molecule has 1 heteroatoms. The summed E-state index contributed by atoms with van der Waals surface area (Å²) in [4.78, 5) is 0. The molecule has 0 amide bonds. The molecule has 0 spiro atoms. The summed E-state index contributed by atoms with van der Waals surface area (Å²) in [6.07, 6.45) is 5.81. The summed E-state index contributed by atoms with van der Waals surface area (Å²) < 4.78 is 5.12. The van der Waals surface area contributed by atoms with Gasteiger partial charge in [-0.25, -0.2) is 0 Å². The van der Waals surface area contributed by atoms with Crippen molar-refractivity contribution in [3.8, 4) is 0 Å². The van der Waals surface area contributed by atoms with Crippen LogP contribution in [-0.4, -0.2) is 6.10 Å². The minimum atomic E-state index is 0.218. The van der Waals surface area contributed by atoms with Crippen molar-refractivity contribution in [3.63, 3.8) is 0 Å². The van der Waals surface area contributed by atoms with Crippen LogP contribution in [-0.2, 0) is 4.74 Å². The van der Waals surface area contributed by atoms with Crippen molar-refractivity contribution in [2.24, 2.45) is 5.92 Å². The van der Waals surface area contributed by atoms with Gasteiger partial charge in [0.2, 0.25) is 0 Å². The molecule has 0 N–H and O–H groups in total. The highest BCUT2D eigenvalue weighted by Gasteiger charge is 2.14. The average molecular weight is 110 g/mol. The van der Waals surface area contributed by atoms with Gasteiger partial charge in [0.1, 0.15) is 6.10 Å².